The molecular formula is C21H18Cl2N4O. The van der Waals surface area contributed by atoms with E-state index in [2.05, 4.69) is 44.4 Å². The molecule has 1 aliphatic heterocycles. The Labute approximate surface area is 173 Å². The summed E-state index contributed by atoms with van der Waals surface area (Å²) < 4.78 is 0. The molecule has 3 aromatic rings. The Morgan fingerprint density at radius 3 is 2.50 bits per heavy atom. The zero-order chi connectivity index (χ0) is 19.5. The fourth-order valence-corrected chi connectivity index (χ4v) is 4.00. The number of hydrogen-bond acceptors (Lipinski definition) is 4. The van der Waals surface area contributed by atoms with Crippen LogP contribution in [0.3, 0.4) is 0 Å². The van der Waals surface area contributed by atoms with E-state index in [9.17, 15) is 4.79 Å². The molecule has 1 saturated heterocycles. The van der Waals surface area contributed by atoms with Crippen molar-refractivity contribution in [1.82, 2.24) is 10.2 Å². The highest BCUT2D eigenvalue weighted by molar-refractivity contribution is 6.42. The smallest absolute Gasteiger partial charge is 0.240 e. The molecule has 1 fully saturated rings. The van der Waals surface area contributed by atoms with Gasteiger partial charge >= 0.3 is 0 Å². The summed E-state index contributed by atoms with van der Waals surface area (Å²) in [5.41, 5.74) is 3.98. The van der Waals surface area contributed by atoms with Gasteiger partial charge in [-0.15, -0.1) is 0 Å². The molecule has 0 saturated carbocycles. The molecule has 1 aliphatic rings. The number of para-hydroxylation sites is 1. The largest absolute Gasteiger partial charge is 0.371 e. The number of rotatable bonds is 4. The van der Waals surface area contributed by atoms with Crippen molar-refractivity contribution in [2.24, 2.45) is 4.99 Å². The number of isocyanates is 1. The lowest BCUT2D eigenvalue weighted by Gasteiger charge is -2.33. The quantitative estimate of drug-likeness (QED) is 0.439. The first-order chi connectivity index (χ1) is 13.7. The van der Waals surface area contributed by atoms with E-state index in [1.165, 1.54) is 5.69 Å². The molecule has 0 unspecified atom stereocenters. The Morgan fingerprint density at radius 2 is 1.82 bits per heavy atom. The minimum absolute atomic E-state index is 0.246. The van der Waals surface area contributed by atoms with Gasteiger partial charge < -0.3 is 4.90 Å². The summed E-state index contributed by atoms with van der Waals surface area (Å²) in [5.74, 6) is 0.246. The molecule has 0 atom stereocenters. The summed E-state index contributed by atoms with van der Waals surface area (Å²) in [6.45, 7) is 1.86. The summed E-state index contributed by atoms with van der Waals surface area (Å²) in [6.07, 6.45) is 3.55. The van der Waals surface area contributed by atoms with Crippen LogP contribution in [0.1, 0.15) is 24.5 Å². The zero-order valence-corrected chi connectivity index (χ0v) is 16.5. The first-order valence-electron chi connectivity index (χ1n) is 9.09. The van der Waals surface area contributed by atoms with Crippen molar-refractivity contribution in [3.8, 4) is 11.3 Å². The monoisotopic (exact) mass is 412 g/mol. The number of hydrogen-bond donors (Lipinski definition) is 1. The van der Waals surface area contributed by atoms with Gasteiger partial charge in [0.05, 0.1) is 15.7 Å². The fraction of sp³-hybridized carbons (Fsp3) is 0.238. The van der Waals surface area contributed by atoms with Gasteiger partial charge in [-0.2, -0.15) is 10.1 Å². The van der Waals surface area contributed by atoms with E-state index >= 15 is 0 Å². The molecule has 0 aliphatic carbocycles. The van der Waals surface area contributed by atoms with Crippen LogP contribution in [0.5, 0.6) is 0 Å². The van der Waals surface area contributed by atoms with Gasteiger partial charge in [0.25, 0.3) is 0 Å². The maximum absolute atomic E-state index is 11.1. The van der Waals surface area contributed by atoms with Crippen molar-refractivity contribution in [3.05, 3.63) is 64.3 Å². The molecule has 7 heteroatoms. The van der Waals surface area contributed by atoms with E-state index in [0.29, 0.717) is 21.4 Å². The first kappa shape index (κ1) is 18.8. The van der Waals surface area contributed by atoms with Crippen LogP contribution in [0.4, 0.5) is 11.4 Å². The number of carbonyl (C=O) groups excluding carboxylic acids is 1. The summed E-state index contributed by atoms with van der Waals surface area (Å²) in [7, 11) is 0. The average Bonchev–Trinajstić information content (AvgIpc) is 3.15. The third-order valence-electron chi connectivity index (χ3n) is 5.14. The van der Waals surface area contributed by atoms with Crippen LogP contribution in [0, 0.1) is 0 Å². The fourth-order valence-electron chi connectivity index (χ4n) is 3.70. The van der Waals surface area contributed by atoms with E-state index in [4.69, 9.17) is 23.2 Å². The Balaban J connectivity index is 1.60. The standard InChI is InChI=1S/C21H18Cl2N4O/c22-17-7-6-15(12-18(17)23)20-21(24-13-28)19(25-26-20)14-8-10-27(11-9-14)16-4-2-1-3-5-16/h1-7,12,14H,8-11H2,(H,25,26). The minimum atomic E-state index is 0.246. The molecule has 4 rings (SSSR count). The number of aromatic amines is 1. The van der Waals surface area contributed by atoms with Gasteiger partial charge in [0, 0.05) is 30.3 Å². The van der Waals surface area contributed by atoms with Crippen molar-refractivity contribution in [1.29, 1.82) is 0 Å². The molecule has 1 aromatic heterocycles. The van der Waals surface area contributed by atoms with E-state index < -0.39 is 0 Å². The van der Waals surface area contributed by atoms with Crippen LogP contribution in [0.15, 0.2) is 53.5 Å². The van der Waals surface area contributed by atoms with Crippen LogP contribution < -0.4 is 4.90 Å². The molecule has 0 bridgehead atoms. The molecular weight excluding hydrogens is 395 g/mol. The highest BCUT2D eigenvalue weighted by Crippen LogP contribution is 2.40. The van der Waals surface area contributed by atoms with Gasteiger partial charge in [0.15, 0.2) is 0 Å². The maximum atomic E-state index is 11.1. The number of nitrogens with one attached hydrogen (secondary N) is 1. The number of aliphatic imine (C=N–C) groups is 1. The molecule has 0 amide bonds. The van der Waals surface area contributed by atoms with Crippen molar-refractivity contribution >= 4 is 40.7 Å². The van der Waals surface area contributed by atoms with Crippen molar-refractivity contribution in [2.45, 2.75) is 18.8 Å². The number of aromatic nitrogens is 2. The average molecular weight is 413 g/mol. The molecule has 28 heavy (non-hydrogen) atoms. The molecule has 0 spiro atoms. The normalized spacial score (nSPS) is 14.7. The number of benzene rings is 2. The SMILES string of the molecule is O=C=Nc1c(-c2ccc(Cl)c(Cl)c2)n[nH]c1C1CCN(c2ccccc2)CC1. The van der Waals surface area contributed by atoms with Crippen LogP contribution >= 0.6 is 23.2 Å². The number of piperidine rings is 1. The Hall–Kier alpha value is -2.59. The molecule has 1 N–H and O–H groups in total. The predicted octanol–water partition coefficient (Wildman–Crippen LogP) is 5.73. The second-order valence-electron chi connectivity index (χ2n) is 6.76. The maximum Gasteiger partial charge on any atom is 0.240 e. The van der Waals surface area contributed by atoms with E-state index in [0.717, 1.165) is 37.2 Å². The van der Waals surface area contributed by atoms with Gasteiger partial charge in [-0.1, -0.05) is 47.5 Å². The highest BCUT2D eigenvalue weighted by Gasteiger charge is 2.27. The number of nitrogens with zero attached hydrogens (tertiary/aromatic N) is 3. The van der Waals surface area contributed by atoms with Crippen LogP contribution in [0.2, 0.25) is 10.0 Å². The first-order valence-corrected chi connectivity index (χ1v) is 9.84. The van der Waals surface area contributed by atoms with Gasteiger partial charge in [-0.3, -0.25) is 5.10 Å². The minimum Gasteiger partial charge on any atom is -0.371 e. The summed E-state index contributed by atoms with van der Waals surface area (Å²) in [4.78, 5) is 17.4. The van der Waals surface area contributed by atoms with Gasteiger partial charge in [0.1, 0.15) is 11.4 Å². The Morgan fingerprint density at radius 1 is 1.07 bits per heavy atom. The second-order valence-corrected chi connectivity index (χ2v) is 7.58. The molecule has 5 nitrogen and oxygen atoms in total. The van der Waals surface area contributed by atoms with Crippen molar-refractivity contribution < 1.29 is 4.79 Å². The lowest BCUT2D eigenvalue weighted by molar-refractivity contribution is 0.496. The zero-order valence-electron chi connectivity index (χ0n) is 15.0. The lowest BCUT2D eigenvalue weighted by atomic mass is 9.91. The highest BCUT2D eigenvalue weighted by atomic mass is 35.5. The van der Waals surface area contributed by atoms with E-state index in [1.54, 1.807) is 18.2 Å². The second kappa shape index (κ2) is 8.19. The van der Waals surface area contributed by atoms with Crippen molar-refractivity contribution in [2.75, 3.05) is 18.0 Å². The predicted molar refractivity (Wildman–Crippen MR) is 112 cm³/mol. The third kappa shape index (κ3) is 3.69. The van der Waals surface area contributed by atoms with E-state index in [1.807, 2.05) is 12.1 Å². The van der Waals surface area contributed by atoms with Crippen LogP contribution in [0.25, 0.3) is 11.3 Å². The number of anilines is 1. The molecule has 2 aromatic carbocycles. The van der Waals surface area contributed by atoms with E-state index in [-0.39, 0.29) is 5.92 Å². The van der Waals surface area contributed by atoms with Crippen LogP contribution in [-0.4, -0.2) is 29.4 Å². The van der Waals surface area contributed by atoms with Crippen LogP contribution in [-0.2, 0) is 4.79 Å². The van der Waals surface area contributed by atoms with Crippen molar-refractivity contribution in [3.63, 3.8) is 0 Å². The number of halogens is 2. The lowest BCUT2D eigenvalue weighted by Crippen LogP contribution is -2.32. The molecule has 142 valence electrons. The molecule has 2 heterocycles. The summed E-state index contributed by atoms with van der Waals surface area (Å²) >= 11 is 12.1. The Bertz CT molecular complexity index is 1020. The summed E-state index contributed by atoms with van der Waals surface area (Å²) in [6, 6.07) is 15.6. The summed E-state index contributed by atoms with van der Waals surface area (Å²) in [5, 5.41) is 8.41. The Kier molecular flexibility index (Phi) is 5.49. The third-order valence-corrected chi connectivity index (χ3v) is 5.88. The molecule has 0 radical (unpaired) electrons. The van der Waals surface area contributed by atoms with Gasteiger partial charge in [-0.25, -0.2) is 4.79 Å². The number of H-pyrrole nitrogens is 1. The van der Waals surface area contributed by atoms with Gasteiger partial charge in [0.2, 0.25) is 6.08 Å². The topological polar surface area (TPSA) is 61.4 Å². The van der Waals surface area contributed by atoms with Gasteiger partial charge in [-0.05, 0) is 37.1 Å².